The average molecular weight is 262 g/mol. The quantitative estimate of drug-likeness (QED) is 0.868. The predicted molar refractivity (Wildman–Crippen MR) is 74.9 cm³/mol. The third kappa shape index (κ3) is 3.82. The molecule has 0 aliphatic carbocycles. The van der Waals surface area contributed by atoms with Crippen molar-refractivity contribution in [2.75, 3.05) is 0 Å². The summed E-state index contributed by atoms with van der Waals surface area (Å²) < 4.78 is 5.78. The standard InChI is InChI=1S/C14H18N2OS/c1-11(2)17-14-6-4-3-5-12(14)7-15-8-13-9-16-10-18-13/h3-6,9-11,15H,7-8H2,1-2H3. The molecular weight excluding hydrogens is 244 g/mol. The van der Waals surface area contributed by atoms with Crippen LogP contribution >= 0.6 is 11.3 Å². The second-order valence-electron chi connectivity index (χ2n) is 4.35. The molecule has 0 unspecified atom stereocenters. The monoisotopic (exact) mass is 262 g/mol. The van der Waals surface area contributed by atoms with Crippen LogP contribution in [0.25, 0.3) is 0 Å². The first-order valence-corrected chi connectivity index (χ1v) is 6.96. The van der Waals surface area contributed by atoms with Crippen LogP contribution in [0.15, 0.2) is 36.0 Å². The number of para-hydroxylation sites is 1. The van der Waals surface area contributed by atoms with Gasteiger partial charge in [0.2, 0.25) is 0 Å². The fraction of sp³-hybridized carbons (Fsp3) is 0.357. The average Bonchev–Trinajstić information content (AvgIpc) is 2.84. The topological polar surface area (TPSA) is 34.1 Å². The molecule has 0 radical (unpaired) electrons. The first-order chi connectivity index (χ1) is 8.75. The highest BCUT2D eigenvalue weighted by atomic mass is 32.1. The van der Waals surface area contributed by atoms with Crippen LogP contribution in [0.1, 0.15) is 24.3 Å². The molecule has 1 heterocycles. The van der Waals surface area contributed by atoms with E-state index < -0.39 is 0 Å². The number of hydrogen-bond acceptors (Lipinski definition) is 4. The van der Waals surface area contributed by atoms with E-state index in [9.17, 15) is 0 Å². The van der Waals surface area contributed by atoms with Gasteiger partial charge < -0.3 is 10.1 Å². The molecule has 0 bridgehead atoms. The van der Waals surface area contributed by atoms with E-state index in [1.807, 2.05) is 43.8 Å². The summed E-state index contributed by atoms with van der Waals surface area (Å²) >= 11 is 1.67. The number of aromatic nitrogens is 1. The highest BCUT2D eigenvalue weighted by molar-refractivity contribution is 7.09. The number of nitrogens with one attached hydrogen (secondary N) is 1. The van der Waals surface area contributed by atoms with E-state index >= 15 is 0 Å². The summed E-state index contributed by atoms with van der Waals surface area (Å²) in [5.41, 5.74) is 3.04. The molecule has 0 aliphatic rings. The number of hydrogen-bond donors (Lipinski definition) is 1. The Morgan fingerprint density at radius 1 is 1.28 bits per heavy atom. The van der Waals surface area contributed by atoms with Gasteiger partial charge in [-0.3, -0.25) is 4.98 Å². The Kier molecular flexibility index (Phi) is 4.73. The molecule has 1 aromatic heterocycles. The van der Waals surface area contributed by atoms with Gasteiger partial charge in [0.15, 0.2) is 0 Å². The first-order valence-electron chi connectivity index (χ1n) is 6.08. The molecule has 0 spiro atoms. The lowest BCUT2D eigenvalue weighted by atomic mass is 10.2. The molecule has 2 aromatic rings. The fourth-order valence-corrected chi connectivity index (χ4v) is 2.23. The number of rotatable bonds is 6. The Morgan fingerprint density at radius 3 is 2.83 bits per heavy atom. The lowest BCUT2D eigenvalue weighted by Crippen LogP contribution is -2.14. The molecule has 3 nitrogen and oxygen atoms in total. The SMILES string of the molecule is CC(C)Oc1ccccc1CNCc1cncs1. The molecule has 18 heavy (non-hydrogen) atoms. The van der Waals surface area contributed by atoms with Gasteiger partial charge in [0, 0.05) is 29.7 Å². The summed E-state index contributed by atoms with van der Waals surface area (Å²) in [5.74, 6) is 0.962. The summed E-state index contributed by atoms with van der Waals surface area (Å²) in [6, 6.07) is 8.16. The molecule has 96 valence electrons. The van der Waals surface area contributed by atoms with Crippen LogP contribution in [0, 0.1) is 0 Å². The Labute approximate surface area is 112 Å². The van der Waals surface area contributed by atoms with Gasteiger partial charge in [-0.25, -0.2) is 0 Å². The minimum Gasteiger partial charge on any atom is -0.491 e. The van der Waals surface area contributed by atoms with Gasteiger partial charge in [0.05, 0.1) is 11.6 Å². The van der Waals surface area contributed by atoms with Gasteiger partial charge in [0.25, 0.3) is 0 Å². The molecule has 2 rings (SSSR count). The molecular formula is C14H18N2OS. The summed E-state index contributed by atoms with van der Waals surface area (Å²) in [7, 11) is 0. The minimum atomic E-state index is 0.202. The van der Waals surface area contributed by atoms with Crippen molar-refractivity contribution >= 4 is 11.3 Å². The van der Waals surface area contributed by atoms with Crippen molar-refractivity contribution in [1.29, 1.82) is 0 Å². The Balaban J connectivity index is 1.92. The molecule has 0 aliphatic heterocycles. The maximum Gasteiger partial charge on any atom is 0.124 e. The van der Waals surface area contributed by atoms with Crippen LogP contribution < -0.4 is 10.1 Å². The fourth-order valence-electron chi connectivity index (χ4n) is 1.67. The van der Waals surface area contributed by atoms with Gasteiger partial charge in [-0.1, -0.05) is 18.2 Å². The van der Waals surface area contributed by atoms with Crippen molar-refractivity contribution in [3.8, 4) is 5.75 Å². The summed E-state index contributed by atoms with van der Waals surface area (Å²) in [6.07, 6.45) is 2.10. The van der Waals surface area contributed by atoms with Crippen LogP contribution in [0.4, 0.5) is 0 Å². The summed E-state index contributed by atoms with van der Waals surface area (Å²) in [5, 5.41) is 3.41. The van der Waals surface area contributed by atoms with Crippen LogP contribution in [0.5, 0.6) is 5.75 Å². The van der Waals surface area contributed by atoms with E-state index in [1.54, 1.807) is 11.3 Å². The van der Waals surface area contributed by atoms with Crippen molar-refractivity contribution in [1.82, 2.24) is 10.3 Å². The number of ether oxygens (including phenoxy) is 1. The maximum absolute atomic E-state index is 5.78. The largest absolute Gasteiger partial charge is 0.491 e. The van der Waals surface area contributed by atoms with E-state index in [0.717, 1.165) is 18.8 Å². The van der Waals surface area contributed by atoms with E-state index in [0.29, 0.717) is 0 Å². The third-order valence-electron chi connectivity index (χ3n) is 2.43. The van der Waals surface area contributed by atoms with E-state index in [1.165, 1.54) is 10.4 Å². The highest BCUT2D eigenvalue weighted by Crippen LogP contribution is 2.19. The van der Waals surface area contributed by atoms with Gasteiger partial charge in [-0.2, -0.15) is 0 Å². The van der Waals surface area contributed by atoms with Gasteiger partial charge >= 0.3 is 0 Å². The zero-order chi connectivity index (χ0) is 12.8. The second-order valence-corrected chi connectivity index (χ2v) is 5.32. The Hall–Kier alpha value is -1.39. The molecule has 4 heteroatoms. The van der Waals surface area contributed by atoms with Crippen LogP contribution in [-0.2, 0) is 13.1 Å². The molecule has 0 saturated carbocycles. The maximum atomic E-state index is 5.78. The number of thiazole rings is 1. The zero-order valence-corrected chi connectivity index (χ0v) is 11.5. The van der Waals surface area contributed by atoms with Crippen LogP contribution in [0.2, 0.25) is 0 Å². The molecule has 0 amide bonds. The van der Waals surface area contributed by atoms with Gasteiger partial charge in [-0.15, -0.1) is 11.3 Å². The summed E-state index contributed by atoms with van der Waals surface area (Å²) in [6.45, 7) is 5.74. The number of benzene rings is 1. The Morgan fingerprint density at radius 2 is 2.11 bits per heavy atom. The number of nitrogens with zero attached hydrogens (tertiary/aromatic N) is 1. The van der Waals surface area contributed by atoms with E-state index in [4.69, 9.17) is 4.74 Å². The van der Waals surface area contributed by atoms with E-state index in [2.05, 4.69) is 16.4 Å². The molecule has 1 N–H and O–H groups in total. The predicted octanol–water partition coefficient (Wildman–Crippen LogP) is 3.22. The Bertz CT molecular complexity index is 468. The zero-order valence-electron chi connectivity index (χ0n) is 10.7. The molecule has 0 saturated heterocycles. The van der Waals surface area contributed by atoms with Crippen molar-refractivity contribution in [3.63, 3.8) is 0 Å². The molecule has 0 fully saturated rings. The minimum absolute atomic E-state index is 0.202. The van der Waals surface area contributed by atoms with Crippen molar-refractivity contribution in [3.05, 3.63) is 46.4 Å². The van der Waals surface area contributed by atoms with Gasteiger partial charge in [0.1, 0.15) is 5.75 Å². The van der Waals surface area contributed by atoms with Crippen molar-refractivity contribution in [2.24, 2.45) is 0 Å². The normalized spacial score (nSPS) is 10.8. The third-order valence-corrected chi connectivity index (χ3v) is 3.21. The summed E-state index contributed by atoms with van der Waals surface area (Å²) in [4.78, 5) is 5.31. The molecule has 1 aromatic carbocycles. The van der Waals surface area contributed by atoms with Crippen molar-refractivity contribution < 1.29 is 4.74 Å². The van der Waals surface area contributed by atoms with Crippen molar-refractivity contribution in [2.45, 2.75) is 33.0 Å². The smallest absolute Gasteiger partial charge is 0.124 e. The van der Waals surface area contributed by atoms with E-state index in [-0.39, 0.29) is 6.10 Å². The lowest BCUT2D eigenvalue weighted by molar-refractivity contribution is 0.239. The second kappa shape index (κ2) is 6.52. The molecule has 0 atom stereocenters. The highest BCUT2D eigenvalue weighted by Gasteiger charge is 2.04. The van der Waals surface area contributed by atoms with Crippen LogP contribution in [0.3, 0.4) is 0 Å². The lowest BCUT2D eigenvalue weighted by Gasteiger charge is -2.14. The first kappa shape index (κ1) is 13.1. The van der Waals surface area contributed by atoms with Gasteiger partial charge in [-0.05, 0) is 19.9 Å². The van der Waals surface area contributed by atoms with Crippen LogP contribution in [-0.4, -0.2) is 11.1 Å².